The number of aromatic nitrogens is 1. The molecule has 0 saturated carbocycles. The molecule has 82 valence electrons. The van der Waals surface area contributed by atoms with Crippen molar-refractivity contribution in [2.45, 2.75) is 19.8 Å². The molecule has 0 spiro atoms. The molecule has 0 aliphatic rings. The van der Waals surface area contributed by atoms with E-state index in [1.165, 1.54) is 0 Å². The van der Waals surface area contributed by atoms with Gasteiger partial charge >= 0.3 is 0 Å². The van der Waals surface area contributed by atoms with Crippen molar-refractivity contribution >= 4 is 11.6 Å². The van der Waals surface area contributed by atoms with Crippen LogP contribution in [0.4, 0.5) is 5.69 Å². The van der Waals surface area contributed by atoms with E-state index < -0.39 is 0 Å². The van der Waals surface area contributed by atoms with Gasteiger partial charge in [0.15, 0.2) is 0 Å². The average molecular weight is 207 g/mol. The number of hydrogen-bond donors (Lipinski definition) is 2. The SMILES string of the molecule is CNCCCC(=O)Nc1ccc(C)nc1. The maximum atomic E-state index is 11.4. The Morgan fingerprint density at radius 3 is 2.87 bits per heavy atom. The molecule has 1 rings (SSSR count). The quantitative estimate of drug-likeness (QED) is 0.716. The van der Waals surface area contributed by atoms with E-state index in [9.17, 15) is 4.79 Å². The molecule has 1 heterocycles. The highest BCUT2D eigenvalue weighted by molar-refractivity contribution is 5.90. The van der Waals surface area contributed by atoms with Crippen LogP contribution in [0, 0.1) is 6.92 Å². The highest BCUT2D eigenvalue weighted by Gasteiger charge is 2.01. The number of aryl methyl sites for hydroxylation is 1. The lowest BCUT2D eigenvalue weighted by Gasteiger charge is -2.04. The summed E-state index contributed by atoms with van der Waals surface area (Å²) in [6, 6.07) is 3.74. The number of carbonyl (C=O) groups is 1. The molecule has 4 heteroatoms. The predicted molar refractivity (Wildman–Crippen MR) is 60.8 cm³/mol. The van der Waals surface area contributed by atoms with Gasteiger partial charge in [0.25, 0.3) is 0 Å². The van der Waals surface area contributed by atoms with E-state index >= 15 is 0 Å². The van der Waals surface area contributed by atoms with Crippen molar-refractivity contribution < 1.29 is 4.79 Å². The van der Waals surface area contributed by atoms with Crippen LogP contribution < -0.4 is 10.6 Å². The molecular formula is C11H17N3O. The Morgan fingerprint density at radius 2 is 2.27 bits per heavy atom. The van der Waals surface area contributed by atoms with E-state index in [1.54, 1.807) is 6.20 Å². The van der Waals surface area contributed by atoms with E-state index in [0.29, 0.717) is 6.42 Å². The molecule has 0 aliphatic heterocycles. The zero-order valence-corrected chi connectivity index (χ0v) is 9.21. The van der Waals surface area contributed by atoms with E-state index in [1.807, 2.05) is 26.1 Å². The van der Waals surface area contributed by atoms with Crippen molar-refractivity contribution in [1.82, 2.24) is 10.3 Å². The van der Waals surface area contributed by atoms with Crippen LogP contribution in [0.2, 0.25) is 0 Å². The third kappa shape index (κ3) is 4.56. The summed E-state index contributed by atoms with van der Waals surface area (Å²) >= 11 is 0. The average Bonchev–Trinajstić information content (AvgIpc) is 2.22. The smallest absolute Gasteiger partial charge is 0.224 e. The number of anilines is 1. The second-order valence-electron chi connectivity index (χ2n) is 3.44. The van der Waals surface area contributed by atoms with Crippen molar-refractivity contribution in [3.8, 4) is 0 Å². The first-order valence-corrected chi connectivity index (χ1v) is 5.09. The lowest BCUT2D eigenvalue weighted by Crippen LogP contribution is -2.15. The number of nitrogens with zero attached hydrogens (tertiary/aromatic N) is 1. The first kappa shape index (κ1) is 11.7. The van der Waals surface area contributed by atoms with Crippen molar-refractivity contribution in [3.05, 3.63) is 24.0 Å². The van der Waals surface area contributed by atoms with Gasteiger partial charge in [0.2, 0.25) is 5.91 Å². The van der Waals surface area contributed by atoms with E-state index in [2.05, 4.69) is 15.6 Å². The van der Waals surface area contributed by atoms with Crippen LogP contribution in [-0.4, -0.2) is 24.5 Å². The second kappa shape index (κ2) is 6.14. The first-order valence-electron chi connectivity index (χ1n) is 5.09. The van der Waals surface area contributed by atoms with Crippen LogP contribution in [0.5, 0.6) is 0 Å². The summed E-state index contributed by atoms with van der Waals surface area (Å²) in [4.78, 5) is 15.5. The van der Waals surface area contributed by atoms with Gasteiger partial charge in [-0.3, -0.25) is 9.78 Å². The Balaban J connectivity index is 2.34. The van der Waals surface area contributed by atoms with Crippen molar-refractivity contribution in [2.75, 3.05) is 18.9 Å². The number of nitrogens with one attached hydrogen (secondary N) is 2. The molecule has 0 saturated heterocycles. The van der Waals surface area contributed by atoms with Gasteiger partial charge in [-0.15, -0.1) is 0 Å². The Hall–Kier alpha value is -1.42. The van der Waals surface area contributed by atoms with Crippen LogP contribution in [0.1, 0.15) is 18.5 Å². The maximum Gasteiger partial charge on any atom is 0.224 e. The van der Waals surface area contributed by atoms with Gasteiger partial charge in [-0.25, -0.2) is 0 Å². The number of carbonyl (C=O) groups excluding carboxylic acids is 1. The number of rotatable bonds is 5. The molecule has 4 nitrogen and oxygen atoms in total. The van der Waals surface area contributed by atoms with Gasteiger partial charge in [-0.05, 0) is 39.1 Å². The van der Waals surface area contributed by atoms with Crippen LogP contribution in [0.3, 0.4) is 0 Å². The molecule has 0 unspecified atom stereocenters. The number of pyridine rings is 1. The van der Waals surface area contributed by atoms with E-state index in [4.69, 9.17) is 0 Å². The predicted octanol–water partition coefficient (Wildman–Crippen LogP) is 1.33. The zero-order chi connectivity index (χ0) is 11.1. The van der Waals surface area contributed by atoms with Crippen LogP contribution in [-0.2, 0) is 4.79 Å². The fourth-order valence-corrected chi connectivity index (χ4v) is 1.19. The van der Waals surface area contributed by atoms with Gasteiger partial charge in [-0.2, -0.15) is 0 Å². The van der Waals surface area contributed by atoms with Crippen molar-refractivity contribution in [2.24, 2.45) is 0 Å². The summed E-state index contributed by atoms with van der Waals surface area (Å²) in [5.74, 6) is 0.0379. The molecule has 0 aliphatic carbocycles. The van der Waals surface area contributed by atoms with Gasteiger partial charge in [0, 0.05) is 12.1 Å². The van der Waals surface area contributed by atoms with Gasteiger partial charge in [-0.1, -0.05) is 0 Å². The minimum Gasteiger partial charge on any atom is -0.325 e. The van der Waals surface area contributed by atoms with E-state index in [0.717, 1.165) is 24.3 Å². The molecule has 0 radical (unpaired) electrons. The van der Waals surface area contributed by atoms with E-state index in [-0.39, 0.29) is 5.91 Å². The fraction of sp³-hybridized carbons (Fsp3) is 0.455. The highest BCUT2D eigenvalue weighted by Crippen LogP contribution is 2.06. The standard InChI is InChI=1S/C11H17N3O/c1-9-5-6-10(8-13-9)14-11(15)4-3-7-12-2/h5-6,8,12H,3-4,7H2,1-2H3,(H,14,15). The normalized spacial score (nSPS) is 10.0. The van der Waals surface area contributed by atoms with Crippen LogP contribution >= 0.6 is 0 Å². The summed E-state index contributed by atoms with van der Waals surface area (Å²) in [5, 5.41) is 5.80. The Morgan fingerprint density at radius 1 is 1.47 bits per heavy atom. The van der Waals surface area contributed by atoms with Crippen LogP contribution in [0.15, 0.2) is 18.3 Å². The lowest BCUT2D eigenvalue weighted by atomic mass is 10.3. The molecule has 0 atom stereocenters. The van der Waals surface area contributed by atoms with Gasteiger partial charge in [0.1, 0.15) is 0 Å². The first-order chi connectivity index (χ1) is 7.22. The summed E-state index contributed by atoms with van der Waals surface area (Å²) in [6.45, 7) is 2.78. The third-order valence-corrected chi connectivity index (χ3v) is 2.03. The minimum absolute atomic E-state index is 0.0379. The van der Waals surface area contributed by atoms with Crippen molar-refractivity contribution in [1.29, 1.82) is 0 Å². The van der Waals surface area contributed by atoms with Gasteiger partial charge < -0.3 is 10.6 Å². The largest absolute Gasteiger partial charge is 0.325 e. The minimum atomic E-state index is 0.0379. The third-order valence-electron chi connectivity index (χ3n) is 2.03. The Bertz CT molecular complexity index is 308. The molecule has 15 heavy (non-hydrogen) atoms. The highest BCUT2D eigenvalue weighted by atomic mass is 16.1. The number of hydrogen-bond acceptors (Lipinski definition) is 3. The molecule has 0 bridgehead atoms. The fourth-order valence-electron chi connectivity index (χ4n) is 1.19. The van der Waals surface area contributed by atoms with Crippen LogP contribution in [0.25, 0.3) is 0 Å². The molecule has 0 aromatic carbocycles. The number of amides is 1. The molecule has 1 aromatic heterocycles. The molecule has 2 N–H and O–H groups in total. The lowest BCUT2D eigenvalue weighted by molar-refractivity contribution is -0.116. The monoisotopic (exact) mass is 207 g/mol. The summed E-state index contributed by atoms with van der Waals surface area (Å²) in [5.41, 5.74) is 1.71. The second-order valence-corrected chi connectivity index (χ2v) is 3.44. The Labute approximate surface area is 90.1 Å². The Kier molecular flexibility index (Phi) is 4.77. The topological polar surface area (TPSA) is 54.0 Å². The van der Waals surface area contributed by atoms with Crippen molar-refractivity contribution in [3.63, 3.8) is 0 Å². The van der Waals surface area contributed by atoms with Gasteiger partial charge in [0.05, 0.1) is 11.9 Å². The molecule has 1 amide bonds. The summed E-state index contributed by atoms with van der Waals surface area (Å²) < 4.78 is 0. The summed E-state index contributed by atoms with van der Waals surface area (Å²) in [7, 11) is 1.88. The zero-order valence-electron chi connectivity index (χ0n) is 9.21. The molecule has 0 fully saturated rings. The maximum absolute atomic E-state index is 11.4. The summed E-state index contributed by atoms with van der Waals surface area (Å²) in [6.07, 6.45) is 3.06. The molecular weight excluding hydrogens is 190 g/mol. The molecule has 1 aromatic rings.